The van der Waals surface area contributed by atoms with E-state index >= 15 is 0 Å². The van der Waals surface area contributed by atoms with Gasteiger partial charge in [-0.05, 0) is 30.7 Å². The maximum Gasteiger partial charge on any atom is 0.192 e. The van der Waals surface area contributed by atoms with Gasteiger partial charge in [-0.15, -0.1) is 10.2 Å². The number of ether oxygens (including phenoxy) is 2. The summed E-state index contributed by atoms with van der Waals surface area (Å²) in [7, 11) is 1.96. The molecule has 0 amide bonds. The van der Waals surface area contributed by atoms with E-state index in [1.807, 2.05) is 60.3 Å². The van der Waals surface area contributed by atoms with Crippen molar-refractivity contribution in [3.8, 4) is 11.5 Å². The Balaban J connectivity index is 1.41. The number of aromatic nitrogens is 4. The SMILES string of the molecule is Cn1c(SCCc2ccccn2)nnc1C1COc2ccccc2O1. The zero-order valence-corrected chi connectivity index (χ0v) is 14.6. The van der Waals surface area contributed by atoms with Crippen LogP contribution in [0.25, 0.3) is 0 Å². The van der Waals surface area contributed by atoms with E-state index in [0.717, 1.165) is 40.3 Å². The Hall–Kier alpha value is -2.54. The standard InChI is InChI=1S/C18H18N4O2S/c1-22-17(16-12-23-14-7-2-3-8-15(14)24-16)20-21-18(22)25-11-9-13-6-4-5-10-19-13/h2-8,10,16H,9,11-12H2,1H3. The van der Waals surface area contributed by atoms with Crippen molar-refractivity contribution in [1.29, 1.82) is 0 Å². The van der Waals surface area contributed by atoms with Crippen molar-refractivity contribution in [3.63, 3.8) is 0 Å². The summed E-state index contributed by atoms with van der Waals surface area (Å²) in [6, 6.07) is 13.6. The maximum atomic E-state index is 6.02. The lowest BCUT2D eigenvalue weighted by Gasteiger charge is -2.25. The summed E-state index contributed by atoms with van der Waals surface area (Å²) in [5.41, 5.74) is 1.08. The van der Waals surface area contributed by atoms with Crippen molar-refractivity contribution in [2.75, 3.05) is 12.4 Å². The van der Waals surface area contributed by atoms with Crippen LogP contribution >= 0.6 is 11.8 Å². The van der Waals surface area contributed by atoms with Crippen LogP contribution in [-0.4, -0.2) is 32.1 Å². The number of fused-ring (bicyclic) bond motifs is 1. The van der Waals surface area contributed by atoms with E-state index in [1.54, 1.807) is 11.8 Å². The van der Waals surface area contributed by atoms with Crippen molar-refractivity contribution in [3.05, 3.63) is 60.2 Å². The van der Waals surface area contributed by atoms with E-state index in [9.17, 15) is 0 Å². The van der Waals surface area contributed by atoms with Crippen LogP contribution in [0.15, 0.2) is 53.8 Å². The van der Waals surface area contributed by atoms with Gasteiger partial charge in [-0.25, -0.2) is 0 Å². The van der Waals surface area contributed by atoms with Crippen molar-refractivity contribution in [2.24, 2.45) is 7.05 Å². The van der Waals surface area contributed by atoms with Crippen molar-refractivity contribution < 1.29 is 9.47 Å². The summed E-state index contributed by atoms with van der Waals surface area (Å²) in [5.74, 6) is 3.18. The second-order valence-electron chi connectivity index (χ2n) is 5.68. The first-order valence-corrected chi connectivity index (χ1v) is 9.10. The molecule has 1 aliphatic rings. The molecule has 7 heteroatoms. The van der Waals surface area contributed by atoms with E-state index in [4.69, 9.17) is 9.47 Å². The quantitative estimate of drug-likeness (QED) is 0.656. The molecule has 3 heterocycles. The average molecular weight is 354 g/mol. The normalized spacial score (nSPS) is 16.0. The number of pyridine rings is 1. The first kappa shape index (κ1) is 16.0. The molecule has 0 N–H and O–H groups in total. The maximum absolute atomic E-state index is 6.02. The molecule has 2 aromatic heterocycles. The first-order valence-electron chi connectivity index (χ1n) is 8.12. The number of nitrogens with zero attached hydrogens (tertiary/aromatic N) is 4. The Bertz CT molecular complexity index is 853. The van der Waals surface area contributed by atoms with Crippen LogP contribution in [0.1, 0.15) is 17.6 Å². The van der Waals surface area contributed by atoms with Crippen LogP contribution in [0.5, 0.6) is 11.5 Å². The summed E-state index contributed by atoms with van der Waals surface area (Å²) in [4.78, 5) is 4.34. The molecule has 0 saturated carbocycles. The number of thioether (sulfide) groups is 1. The van der Waals surface area contributed by atoms with E-state index in [0.29, 0.717) is 6.61 Å². The molecule has 0 radical (unpaired) electrons. The molecular weight excluding hydrogens is 336 g/mol. The van der Waals surface area contributed by atoms with E-state index in [1.165, 1.54) is 0 Å². The predicted octanol–water partition coefficient (Wildman–Crippen LogP) is 3.06. The fraction of sp³-hybridized carbons (Fsp3) is 0.278. The Labute approximate surface area is 150 Å². The minimum absolute atomic E-state index is 0.252. The van der Waals surface area contributed by atoms with Crippen LogP contribution in [-0.2, 0) is 13.5 Å². The fourth-order valence-electron chi connectivity index (χ4n) is 2.67. The number of para-hydroxylation sites is 2. The first-order chi connectivity index (χ1) is 12.3. The number of aryl methyl sites for hydroxylation is 1. The third-order valence-corrected chi connectivity index (χ3v) is 5.00. The Morgan fingerprint density at radius 1 is 1.12 bits per heavy atom. The Morgan fingerprint density at radius 3 is 2.80 bits per heavy atom. The molecule has 0 fully saturated rings. The number of hydrogen-bond donors (Lipinski definition) is 0. The van der Waals surface area contributed by atoms with Gasteiger partial charge in [0.25, 0.3) is 0 Å². The molecule has 1 aliphatic heterocycles. The zero-order valence-electron chi connectivity index (χ0n) is 13.8. The van der Waals surface area contributed by atoms with Gasteiger partial charge in [0.05, 0.1) is 0 Å². The fourth-order valence-corrected chi connectivity index (χ4v) is 3.55. The summed E-state index contributed by atoms with van der Waals surface area (Å²) in [6.07, 6.45) is 2.46. The smallest absolute Gasteiger partial charge is 0.192 e. The molecule has 1 aromatic carbocycles. The van der Waals surface area contributed by atoms with Gasteiger partial charge >= 0.3 is 0 Å². The van der Waals surface area contributed by atoms with Gasteiger partial charge in [-0.2, -0.15) is 0 Å². The van der Waals surface area contributed by atoms with Gasteiger partial charge in [0.15, 0.2) is 28.6 Å². The van der Waals surface area contributed by atoms with Crippen LogP contribution in [0, 0.1) is 0 Å². The van der Waals surface area contributed by atoms with Crippen LogP contribution in [0.4, 0.5) is 0 Å². The third-order valence-electron chi connectivity index (χ3n) is 3.98. The molecule has 1 atom stereocenters. The molecular formula is C18H18N4O2S. The number of hydrogen-bond acceptors (Lipinski definition) is 6. The van der Waals surface area contributed by atoms with Crippen LogP contribution in [0.2, 0.25) is 0 Å². The highest BCUT2D eigenvalue weighted by Gasteiger charge is 2.27. The summed E-state index contributed by atoms with van der Waals surface area (Å²) in [6.45, 7) is 0.432. The van der Waals surface area contributed by atoms with E-state index in [2.05, 4.69) is 15.2 Å². The topological polar surface area (TPSA) is 62.1 Å². The van der Waals surface area contributed by atoms with Crippen LogP contribution < -0.4 is 9.47 Å². The zero-order chi connectivity index (χ0) is 17.1. The van der Waals surface area contributed by atoms with Crippen molar-refractivity contribution >= 4 is 11.8 Å². The van der Waals surface area contributed by atoms with Gasteiger partial charge in [-0.1, -0.05) is 30.0 Å². The van der Waals surface area contributed by atoms with Gasteiger partial charge < -0.3 is 14.0 Å². The highest BCUT2D eigenvalue weighted by Crippen LogP contribution is 2.35. The lowest BCUT2D eigenvalue weighted by atomic mass is 10.2. The molecule has 4 rings (SSSR count). The van der Waals surface area contributed by atoms with Gasteiger partial charge in [0, 0.05) is 24.7 Å². The lowest BCUT2D eigenvalue weighted by Crippen LogP contribution is -2.24. The van der Waals surface area contributed by atoms with Gasteiger partial charge in [0.2, 0.25) is 0 Å². The molecule has 25 heavy (non-hydrogen) atoms. The van der Waals surface area contributed by atoms with E-state index in [-0.39, 0.29) is 6.10 Å². The predicted molar refractivity (Wildman–Crippen MR) is 95.0 cm³/mol. The highest BCUT2D eigenvalue weighted by atomic mass is 32.2. The average Bonchev–Trinajstić information content (AvgIpc) is 3.03. The molecule has 6 nitrogen and oxygen atoms in total. The second kappa shape index (κ2) is 7.14. The minimum Gasteiger partial charge on any atom is -0.485 e. The lowest BCUT2D eigenvalue weighted by molar-refractivity contribution is 0.0825. The third kappa shape index (κ3) is 3.46. The molecule has 1 unspecified atom stereocenters. The Morgan fingerprint density at radius 2 is 1.96 bits per heavy atom. The van der Waals surface area contributed by atoms with Gasteiger partial charge in [0.1, 0.15) is 6.61 Å². The minimum atomic E-state index is -0.252. The van der Waals surface area contributed by atoms with Gasteiger partial charge in [-0.3, -0.25) is 4.98 Å². The Kier molecular flexibility index (Phi) is 4.56. The molecule has 0 aliphatic carbocycles. The highest BCUT2D eigenvalue weighted by molar-refractivity contribution is 7.99. The monoisotopic (exact) mass is 354 g/mol. The molecule has 3 aromatic rings. The molecule has 128 valence electrons. The summed E-state index contributed by atoms with van der Waals surface area (Å²) < 4.78 is 13.8. The van der Waals surface area contributed by atoms with Crippen molar-refractivity contribution in [2.45, 2.75) is 17.7 Å². The number of rotatable bonds is 5. The molecule has 0 bridgehead atoms. The van der Waals surface area contributed by atoms with Crippen molar-refractivity contribution in [1.82, 2.24) is 19.7 Å². The molecule has 0 spiro atoms. The largest absolute Gasteiger partial charge is 0.485 e. The van der Waals surface area contributed by atoms with Crippen LogP contribution in [0.3, 0.4) is 0 Å². The summed E-state index contributed by atoms with van der Waals surface area (Å²) >= 11 is 1.67. The second-order valence-corrected chi connectivity index (χ2v) is 6.75. The summed E-state index contributed by atoms with van der Waals surface area (Å²) in [5, 5.41) is 9.48. The number of benzene rings is 1. The van der Waals surface area contributed by atoms with E-state index < -0.39 is 0 Å². The molecule has 0 saturated heterocycles.